The highest BCUT2D eigenvalue weighted by molar-refractivity contribution is 5.87. The highest BCUT2D eigenvalue weighted by Crippen LogP contribution is 2.24. The summed E-state index contributed by atoms with van der Waals surface area (Å²) in [5, 5.41) is 11.8. The average molecular weight is 259 g/mol. The molecule has 5 heteroatoms. The second-order valence-electron chi connectivity index (χ2n) is 4.64. The third kappa shape index (κ3) is 2.79. The van der Waals surface area contributed by atoms with Gasteiger partial charge in [-0.3, -0.25) is 4.79 Å². The second kappa shape index (κ2) is 5.61. The molecule has 0 saturated carbocycles. The van der Waals surface area contributed by atoms with Crippen molar-refractivity contribution in [2.24, 2.45) is 0 Å². The average Bonchev–Trinajstić information content (AvgIpc) is 2.42. The molecule has 5 nitrogen and oxygen atoms in total. The van der Waals surface area contributed by atoms with E-state index in [0.29, 0.717) is 6.54 Å². The quantitative estimate of drug-likeness (QED) is 0.888. The zero-order valence-corrected chi connectivity index (χ0v) is 11.1. The van der Waals surface area contributed by atoms with E-state index in [2.05, 4.69) is 11.4 Å². The number of benzene rings is 1. The Kier molecular flexibility index (Phi) is 3.91. The summed E-state index contributed by atoms with van der Waals surface area (Å²) in [5.41, 5.74) is 0.933. The number of rotatable bonds is 3. The van der Waals surface area contributed by atoms with E-state index in [-0.39, 0.29) is 18.4 Å². The normalized spacial score (nSPS) is 22.6. The van der Waals surface area contributed by atoms with Gasteiger partial charge in [-0.1, -0.05) is 0 Å². The van der Waals surface area contributed by atoms with Crippen LogP contribution in [0.3, 0.4) is 0 Å². The van der Waals surface area contributed by atoms with Gasteiger partial charge in [-0.15, -0.1) is 0 Å². The summed E-state index contributed by atoms with van der Waals surface area (Å²) in [4.78, 5) is 14.0. The molecule has 1 aliphatic heterocycles. The molecule has 0 aliphatic carbocycles. The molecular formula is C14H17N3O2. The van der Waals surface area contributed by atoms with Crippen molar-refractivity contribution in [3.63, 3.8) is 0 Å². The van der Waals surface area contributed by atoms with Crippen molar-refractivity contribution >= 4 is 11.6 Å². The van der Waals surface area contributed by atoms with Gasteiger partial charge in [-0.25, -0.2) is 0 Å². The number of amides is 1. The zero-order chi connectivity index (χ0) is 13.8. The number of piperazine rings is 1. The van der Waals surface area contributed by atoms with E-state index in [1.807, 2.05) is 36.1 Å². The van der Waals surface area contributed by atoms with Gasteiger partial charge >= 0.3 is 0 Å². The Bertz CT molecular complexity index is 492. The lowest BCUT2D eigenvalue weighted by molar-refractivity contribution is -0.124. The lowest BCUT2D eigenvalue weighted by Gasteiger charge is -2.39. The van der Waals surface area contributed by atoms with Gasteiger partial charge in [0, 0.05) is 18.3 Å². The molecule has 100 valence electrons. The number of ether oxygens (including phenoxy) is 1. The Hall–Kier alpha value is -2.22. The number of hydrogen-bond donors (Lipinski definition) is 1. The van der Waals surface area contributed by atoms with Gasteiger partial charge in [0.15, 0.2) is 0 Å². The fourth-order valence-corrected chi connectivity index (χ4v) is 2.30. The molecule has 0 bridgehead atoms. The van der Waals surface area contributed by atoms with Crippen LogP contribution >= 0.6 is 0 Å². The van der Waals surface area contributed by atoms with E-state index >= 15 is 0 Å². The fourth-order valence-electron chi connectivity index (χ4n) is 2.30. The Morgan fingerprint density at radius 3 is 2.74 bits per heavy atom. The molecular weight excluding hydrogens is 242 g/mol. The molecule has 2 rings (SSSR count). The largest absolute Gasteiger partial charge is 0.497 e. The predicted molar refractivity (Wildman–Crippen MR) is 72.0 cm³/mol. The van der Waals surface area contributed by atoms with Gasteiger partial charge < -0.3 is 15.0 Å². The van der Waals surface area contributed by atoms with Crippen molar-refractivity contribution < 1.29 is 9.53 Å². The first kappa shape index (κ1) is 13.2. The molecule has 2 unspecified atom stereocenters. The SMILES string of the molecule is COc1ccc(N2CC(C)NC(=O)C2CC#N)cc1. The standard InChI is InChI=1S/C14H17N3O2/c1-10-9-17(13(7-8-15)14(18)16-10)11-3-5-12(19-2)6-4-11/h3-6,10,13H,7,9H2,1-2H3,(H,16,18). The summed E-state index contributed by atoms with van der Waals surface area (Å²) >= 11 is 0. The number of nitrogens with zero attached hydrogens (tertiary/aromatic N) is 2. The van der Waals surface area contributed by atoms with Crippen molar-refractivity contribution in [3.8, 4) is 11.8 Å². The number of nitrogens with one attached hydrogen (secondary N) is 1. The van der Waals surface area contributed by atoms with Crippen LogP contribution in [0.15, 0.2) is 24.3 Å². The summed E-state index contributed by atoms with van der Waals surface area (Å²) in [6, 6.07) is 9.27. The summed E-state index contributed by atoms with van der Waals surface area (Å²) in [6.07, 6.45) is 0.185. The first-order chi connectivity index (χ1) is 9.15. The predicted octanol–water partition coefficient (Wildman–Crippen LogP) is 1.30. The minimum absolute atomic E-state index is 0.0737. The first-order valence-corrected chi connectivity index (χ1v) is 6.23. The topological polar surface area (TPSA) is 65.4 Å². The maximum atomic E-state index is 12.0. The summed E-state index contributed by atoms with van der Waals surface area (Å²) < 4.78 is 5.12. The summed E-state index contributed by atoms with van der Waals surface area (Å²) in [5.74, 6) is 0.686. The maximum absolute atomic E-state index is 12.0. The maximum Gasteiger partial charge on any atom is 0.244 e. The van der Waals surface area contributed by atoms with Gasteiger partial charge in [0.25, 0.3) is 0 Å². The van der Waals surface area contributed by atoms with E-state index < -0.39 is 6.04 Å². The molecule has 2 atom stereocenters. The van der Waals surface area contributed by atoms with Crippen LogP contribution in [0.2, 0.25) is 0 Å². The number of hydrogen-bond acceptors (Lipinski definition) is 4. The molecule has 1 saturated heterocycles. The highest BCUT2D eigenvalue weighted by atomic mass is 16.5. The molecule has 0 aromatic heterocycles. The smallest absolute Gasteiger partial charge is 0.244 e. The van der Waals surface area contributed by atoms with Crippen LogP contribution in [-0.4, -0.2) is 31.6 Å². The van der Waals surface area contributed by atoms with Crippen molar-refractivity contribution in [2.45, 2.75) is 25.4 Å². The molecule has 0 spiro atoms. The van der Waals surface area contributed by atoms with Crippen LogP contribution in [0.25, 0.3) is 0 Å². The Morgan fingerprint density at radius 2 is 2.16 bits per heavy atom. The summed E-state index contributed by atoms with van der Waals surface area (Å²) in [7, 11) is 1.61. The fraction of sp³-hybridized carbons (Fsp3) is 0.429. The number of anilines is 1. The van der Waals surface area contributed by atoms with E-state index in [9.17, 15) is 4.79 Å². The van der Waals surface area contributed by atoms with Crippen molar-refractivity contribution in [1.82, 2.24) is 5.32 Å². The molecule has 1 N–H and O–H groups in total. The Morgan fingerprint density at radius 1 is 1.47 bits per heavy atom. The molecule has 1 aromatic rings. The lowest BCUT2D eigenvalue weighted by atomic mass is 10.1. The highest BCUT2D eigenvalue weighted by Gasteiger charge is 2.32. The van der Waals surface area contributed by atoms with Crippen LogP contribution in [0.1, 0.15) is 13.3 Å². The van der Waals surface area contributed by atoms with Gasteiger partial charge in [-0.05, 0) is 31.2 Å². The first-order valence-electron chi connectivity index (χ1n) is 6.23. The molecule has 1 heterocycles. The van der Waals surface area contributed by atoms with Gasteiger partial charge in [-0.2, -0.15) is 5.26 Å². The Labute approximate surface area is 112 Å². The van der Waals surface area contributed by atoms with Gasteiger partial charge in [0.1, 0.15) is 11.8 Å². The van der Waals surface area contributed by atoms with E-state index in [1.54, 1.807) is 7.11 Å². The van der Waals surface area contributed by atoms with Gasteiger partial charge in [0.05, 0.1) is 19.6 Å². The molecule has 19 heavy (non-hydrogen) atoms. The molecule has 1 aliphatic rings. The van der Waals surface area contributed by atoms with Crippen molar-refractivity contribution in [3.05, 3.63) is 24.3 Å². The van der Waals surface area contributed by atoms with E-state index in [1.165, 1.54) is 0 Å². The minimum Gasteiger partial charge on any atom is -0.497 e. The minimum atomic E-state index is -0.422. The number of carbonyl (C=O) groups is 1. The molecule has 1 fully saturated rings. The molecule has 1 aromatic carbocycles. The molecule has 1 amide bonds. The van der Waals surface area contributed by atoms with Crippen molar-refractivity contribution in [1.29, 1.82) is 5.26 Å². The summed E-state index contributed by atoms with van der Waals surface area (Å²) in [6.45, 7) is 2.65. The van der Waals surface area contributed by atoms with Crippen LogP contribution in [0, 0.1) is 11.3 Å². The van der Waals surface area contributed by atoms with E-state index in [0.717, 1.165) is 11.4 Å². The monoisotopic (exact) mass is 259 g/mol. The molecule has 0 radical (unpaired) electrons. The second-order valence-corrected chi connectivity index (χ2v) is 4.64. The van der Waals surface area contributed by atoms with E-state index in [4.69, 9.17) is 10.00 Å². The number of nitriles is 1. The van der Waals surface area contributed by atoms with Gasteiger partial charge in [0.2, 0.25) is 5.91 Å². The van der Waals surface area contributed by atoms with Crippen LogP contribution in [0.4, 0.5) is 5.69 Å². The number of carbonyl (C=O) groups excluding carboxylic acids is 1. The zero-order valence-electron chi connectivity index (χ0n) is 11.1. The van der Waals surface area contributed by atoms with Crippen LogP contribution in [-0.2, 0) is 4.79 Å². The lowest BCUT2D eigenvalue weighted by Crippen LogP contribution is -2.59. The third-order valence-corrected chi connectivity index (χ3v) is 3.23. The van der Waals surface area contributed by atoms with Crippen LogP contribution < -0.4 is 15.0 Å². The van der Waals surface area contributed by atoms with Crippen molar-refractivity contribution in [2.75, 3.05) is 18.6 Å². The Balaban J connectivity index is 2.27. The number of methoxy groups -OCH3 is 1. The van der Waals surface area contributed by atoms with Crippen LogP contribution in [0.5, 0.6) is 5.75 Å². The third-order valence-electron chi connectivity index (χ3n) is 3.23.